The van der Waals surface area contributed by atoms with E-state index in [1.165, 1.54) is 39.3 Å². The molecule has 10 heteroatoms. The molecule has 3 aromatic heterocycles. The summed E-state index contributed by atoms with van der Waals surface area (Å²) in [4.78, 5) is 17.8. The number of benzene rings is 2. The fraction of sp³-hybridized carbons (Fsp3) is 0.0800. The van der Waals surface area contributed by atoms with Gasteiger partial charge in [-0.3, -0.25) is 14.6 Å². The summed E-state index contributed by atoms with van der Waals surface area (Å²) in [7, 11) is -4.16. The van der Waals surface area contributed by atoms with Crippen LogP contribution in [-0.2, 0) is 16.4 Å². The van der Waals surface area contributed by atoms with Crippen molar-refractivity contribution < 1.29 is 8.42 Å². The normalized spacial score (nSPS) is 11.9. The topological polar surface area (TPSA) is 97.3 Å². The monoisotopic (exact) mass is 524 g/mol. The zero-order chi connectivity index (χ0) is 24.9. The van der Waals surface area contributed by atoms with Crippen LogP contribution in [0.1, 0.15) is 11.1 Å². The average Bonchev–Trinajstić information content (AvgIpc) is 2.83. The molecule has 7 nitrogen and oxygen atoms in total. The van der Waals surface area contributed by atoms with Gasteiger partial charge in [0.05, 0.1) is 16.8 Å². The lowest BCUT2D eigenvalue weighted by Gasteiger charge is -2.16. The SMILES string of the molecule is Cc1cccn2c(=O)c3cc(S(=O)(=O)c4ccc(Cl)cc4)c(=N)n(Cc4ccccc4Cl)c3nc12. The predicted octanol–water partition coefficient (Wildman–Crippen LogP) is 4.62. The molecular formula is C25H18Cl2N4O3S. The number of sulfone groups is 1. The third-order valence-corrected chi connectivity index (χ3v) is 8.20. The van der Waals surface area contributed by atoms with Gasteiger partial charge in [-0.25, -0.2) is 13.4 Å². The zero-order valence-electron chi connectivity index (χ0n) is 18.4. The van der Waals surface area contributed by atoms with E-state index in [1.807, 2.05) is 13.0 Å². The molecule has 2 aromatic carbocycles. The molecule has 0 atom stereocenters. The second-order valence-electron chi connectivity index (χ2n) is 8.03. The highest BCUT2D eigenvalue weighted by atomic mass is 35.5. The Bertz CT molecular complexity index is 1860. The van der Waals surface area contributed by atoms with E-state index in [1.54, 1.807) is 36.5 Å². The third-order valence-electron chi connectivity index (χ3n) is 5.80. The first-order chi connectivity index (χ1) is 16.7. The fourth-order valence-corrected chi connectivity index (χ4v) is 5.67. The molecule has 0 fully saturated rings. The van der Waals surface area contributed by atoms with Gasteiger partial charge in [0.25, 0.3) is 5.56 Å². The number of hydrogen-bond acceptors (Lipinski definition) is 5. The first kappa shape index (κ1) is 23.3. The second-order valence-corrected chi connectivity index (χ2v) is 10.8. The Labute approximate surface area is 210 Å². The van der Waals surface area contributed by atoms with Gasteiger partial charge in [0, 0.05) is 16.2 Å². The molecule has 0 aliphatic rings. The Hall–Kier alpha value is -3.46. The van der Waals surface area contributed by atoms with Gasteiger partial charge in [0.2, 0.25) is 9.84 Å². The van der Waals surface area contributed by atoms with Crippen molar-refractivity contribution in [3.8, 4) is 0 Å². The number of nitrogens with zero attached hydrogens (tertiary/aromatic N) is 3. The van der Waals surface area contributed by atoms with Gasteiger partial charge in [-0.05, 0) is 60.5 Å². The van der Waals surface area contributed by atoms with Gasteiger partial charge in [-0.1, -0.05) is 47.5 Å². The van der Waals surface area contributed by atoms with Gasteiger partial charge in [-0.15, -0.1) is 0 Å². The highest BCUT2D eigenvalue weighted by Crippen LogP contribution is 2.24. The van der Waals surface area contributed by atoms with Crippen LogP contribution in [0.3, 0.4) is 0 Å². The van der Waals surface area contributed by atoms with Crippen LogP contribution in [0.4, 0.5) is 0 Å². The van der Waals surface area contributed by atoms with Gasteiger partial charge in [0.1, 0.15) is 21.7 Å². The van der Waals surface area contributed by atoms with Crippen LogP contribution in [0.15, 0.2) is 87.5 Å². The standard InChI is InChI=1S/C25H18Cl2N4O3S/c1-15-5-4-12-30-23(15)29-24-19(25(30)32)13-21(35(33,34)18-10-8-17(26)9-11-18)22(28)31(24)14-16-6-2-3-7-20(16)27/h2-13,28H,14H2,1H3. The van der Waals surface area contributed by atoms with Crippen LogP contribution in [0.2, 0.25) is 10.0 Å². The summed E-state index contributed by atoms with van der Waals surface area (Å²) in [5.74, 6) is 0. The van der Waals surface area contributed by atoms with Crippen molar-refractivity contribution in [1.29, 1.82) is 5.41 Å². The lowest BCUT2D eigenvalue weighted by Crippen LogP contribution is -2.30. The fourth-order valence-electron chi connectivity index (χ4n) is 3.97. The number of pyridine rings is 2. The van der Waals surface area contributed by atoms with E-state index in [4.69, 9.17) is 28.6 Å². The highest BCUT2D eigenvalue weighted by Gasteiger charge is 2.24. The average molecular weight is 525 g/mol. The minimum absolute atomic E-state index is 0.0382. The number of aryl methyl sites for hydroxylation is 1. The smallest absolute Gasteiger partial charge is 0.267 e. The number of halogens is 2. The van der Waals surface area contributed by atoms with E-state index in [0.717, 1.165) is 5.56 Å². The van der Waals surface area contributed by atoms with Gasteiger partial charge in [-0.2, -0.15) is 0 Å². The minimum atomic E-state index is -4.16. The molecule has 0 amide bonds. The molecule has 35 heavy (non-hydrogen) atoms. The number of rotatable bonds is 4. The quantitative estimate of drug-likeness (QED) is 0.346. The van der Waals surface area contributed by atoms with E-state index in [-0.39, 0.29) is 32.9 Å². The van der Waals surface area contributed by atoms with E-state index in [9.17, 15) is 13.2 Å². The summed E-state index contributed by atoms with van der Waals surface area (Å²) >= 11 is 12.3. The molecule has 0 saturated carbocycles. The summed E-state index contributed by atoms with van der Waals surface area (Å²) in [6.07, 6.45) is 1.58. The predicted molar refractivity (Wildman–Crippen MR) is 135 cm³/mol. The van der Waals surface area contributed by atoms with Crippen molar-refractivity contribution in [3.63, 3.8) is 0 Å². The molecule has 5 rings (SSSR count). The first-order valence-electron chi connectivity index (χ1n) is 10.5. The maximum absolute atomic E-state index is 13.6. The number of hydrogen-bond donors (Lipinski definition) is 1. The molecule has 176 valence electrons. The van der Waals surface area contributed by atoms with Gasteiger partial charge in [0.15, 0.2) is 0 Å². The van der Waals surface area contributed by atoms with E-state index in [0.29, 0.717) is 21.3 Å². The summed E-state index contributed by atoms with van der Waals surface area (Å²) in [6.45, 7) is 1.88. The van der Waals surface area contributed by atoms with Crippen LogP contribution in [0, 0.1) is 12.3 Å². The summed E-state index contributed by atoms with van der Waals surface area (Å²) in [6, 6.07) is 17.5. The van der Waals surface area contributed by atoms with E-state index >= 15 is 0 Å². The number of fused-ring (bicyclic) bond motifs is 2. The third kappa shape index (κ3) is 3.93. The Morgan fingerprint density at radius 1 is 0.971 bits per heavy atom. The van der Waals surface area contributed by atoms with Crippen LogP contribution >= 0.6 is 23.2 Å². The molecule has 0 radical (unpaired) electrons. The molecule has 0 aliphatic heterocycles. The van der Waals surface area contributed by atoms with Crippen molar-refractivity contribution >= 4 is 49.7 Å². The van der Waals surface area contributed by atoms with Crippen LogP contribution in [-0.4, -0.2) is 22.4 Å². The Morgan fingerprint density at radius 3 is 2.40 bits per heavy atom. The highest BCUT2D eigenvalue weighted by molar-refractivity contribution is 7.91. The van der Waals surface area contributed by atoms with E-state index < -0.39 is 15.4 Å². The number of aromatic nitrogens is 3. The van der Waals surface area contributed by atoms with Crippen molar-refractivity contribution in [3.05, 3.63) is 110 Å². The van der Waals surface area contributed by atoms with E-state index in [2.05, 4.69) is 4.98 Å². The van der Waals surface area contributed by atoms with Crippen molar-refractivity contribution in [2.75, 3.05) is 0 Å². The summed E-state index contributed by atoms with van der Waals surface area (Å²) in [5, 5.41) is 9.80. The second kappa shape index (κ2) is 8.64. The number of nitrogens with one attached hydrogen (secondary N) is 1. The molecule has 0 bridgehead atoms. The molecule has 0 unspecified atom stereocenters. The molecule has 0 aliphatic carbocycles. The maximum atomic E-state index is 13.6. The minimum Gasteiger partial charge on any atom is -0.305 e. The van der Waals surface area contributed by atoms with Gasteiger partial charge >= 0.3 is 0 Å². The molecule has 3 heterocycles. The Morgan fingerprint density at radius 2 is 1.69 bits per heavy atom. The van der Waals surface area contributed by atoms with Crippen LogP contribution in [0.5, 0.6) is 0 Å². The Balaban J connectivity index is 1.90. The summed E-state index contributed by atoms with van der Waals surface area (Å²) in [5.41, 5.74) is 1.29. The molecule has 0 saturated heterocycles. The van der Waals surface area contributed by atoms with Crippen molar-refractivity contribution in [2.45, 2.75) is 23.3 Å². The molecular weight excluding hydrogens is 507 g/mol. The maximum Gasteiger partial charge on any atom is 0.267 e. The zero-order valence-corrected chi connectivity index (χ0v) is 20.7. The van der Waals surface area contributed by atoms with Crippen LogP contribution < -0.4 is 11.0 Å². The molecule has 5 aromatic rings. The van der Waals surface area contributed by atoms with Crippen molar-refractivity contribution in [1.82, 2.24) is 14.0 Å². The van der Waals surface area contributed by atoms with Gasteiger partial charge < -0.3 is 4.57 Å². The lowest BCUT2D eigenvalue weighted by atomic mass is 10.2. The summed E-state index contributed by atoms with van der Waals surface area (Å²) < 4.78 is 29.9. The van der Waals surface area contributed by atoms with Crippen molar-refractivity contribution in [2.24, 2.45) is 0 Å². The Kier molecular flexibility index (Phi) is 5.75. The largest absolute Gasteiger partial charge is 0.305 e. The molecule has 0 spiro atoms. The first-order valence-corrected chi connectivity index (χ1v) is 12.8. The van der Waals surface area contributed by atoms with Crippen LogP contribution in [0.25, 0.3) is 16.7 Å². The molecule has 1 N–H and O–H groups in total. The lowest BCUT2D eigenvalue weighted by molar-refractivity contribution is 0.591.